The average Bonchev–Trinajstić information content (AvgIpc) is 3.48. The van der Waals surface area contributed by atoms with Crippen LogP contribution >= 0.6 is 0 Å². The Bertz CT molecular complexity index is 1450. The van der Waals surface area contributed by atoms with Gasteiger partial charge in [-0.2, -0.15) is 5.26 Å². The van der Waals surface area contributed by atoms with Gasteiger partial charge in [0.05, 0.1) is 23.7 Å². The van der Waals surface area contributed by atoms with Gasteiger partial charge in [0, 0.05) is 38.3 Å². The molecule has 0 saturated carbocycles. The van der Waals surface area contributed by atoms with Crippen molar-refractivity contribution in [3.05, 3.63) is 70.5 Å². The molecule has 0 spiro atoms. The van der Waals surface area contributed by atoms with Crippen molar-refractivity contribution in [2.24, 2.45) is 0 Å². The van der Waals surface area contributed by atoms with E-state index < -0.39 is 0 Å². The number of piperazine rings is 1. The molecule has 0 unspecified atom stereocenters. The highest BCUT2D eigenvalue weighted by Crippen LogP contribution is 2.38. The summed E-state index contributed by atoms with van der Waals surface area (Å²) in [7, 11) is 1.63. The lowest BCUT2D eigenvalue weighted by atomic mass is 10.0. The van der Waals surface area contributed by atoms with Gasteiger partial charge < -0.3 is 9.64 Å². The number of fused-ring (bicyclic) bond motifs is 4. The molecule has 1 saturated heterocycles. The summed E-state index contributed by atoms with van der Waals surface area (Å²) in [6, 6.07) is 15.3. The van der Waals surface area contributed by atoms with Gasteiger partial charge in [0.2, 0.25) is 0 Å². The summed E-state index contributed by atoms with van der Waals surface area (Å²) in [5.41, 5.74) is 6.81. The molecule has 0 atom stereocenters. The van der Waals surface area contributed by atoms with Crippen molar-refractivity contribution in [2.45, 2.75) is 25.8 Å². The molecule has 1 aliphatic carbocycles. The Labute approximate surface area is 197 Å². The molecule has 6 rings (SSSR count). The molecule has 34 heavy (non-hydrogen) atoms. The molecule has 1 aliphatic heterocycles. The van der Waals surface area contributed by atoms with Crippen molar-refractivity contribution in [3.63, 3.8) is 0 Å². The summed E-state index contributed by atoms with van der Waals surface area (Å²) < 4.78 is 21.5. The van der Waals surface area contributed by atoms with Gasteiger partial charge in [-0.05, 0) is 60.7 Å². The number of anilines is 1. The topological polar surface area (TPSA) is 56.8 Å². The predicted molar refractivity (Wildman–Crippen MR) is 130 cm³/mol. The maximum Gasteiger partial charge on any atom is 0.157 e. The van der Waals surface area contributed by atoms with Crippen LogP contribution in [-0.4, -0.2) is 47.6 Å². The zero-order chi connectivity index (χ0) is 23.2. The second-order valence-electron chi connectivity index (χ2n) is 9.10. The number of hydrogen-bond acceptors (Lipinski definition) is 5. The minimum atomic E-state index is -0.239. The lowest BCUT2D eigenvalue weighted by Gasteiger charge is -2.37. The van der Waals surface area contributed by atoms with Crippen molar-refractivity contribution in [3.8, 4) is 11.8 Å². The summed E-state index contributed by atoms with van der Waals surface area (Å²) in [4.78, 5) is 9.67. The minimum Gasteiger partial charge on any atom is -0.496 e. The van der Waals surface area contributed by atoms with Crippen LogP contribution in [0.2, 0.25) is 0 Å². The van der Waals surface area contributed by atoms with Crippen molar-refractivity contribution in [2.75, 3.05) is 38.2 Å². The third-order valence-electron chi connectivity index (χ3n) is 7.21. The van der Waals surface area contributed by atoms with Crippen molar-refractivity contribution in [1.29, 1.82) is 5.26 Å². The number of methoxy groups -OCH3 is 1. The first-order valence-corrected chi connectivity index (χ1v) is 11.8. The number of halogens is 1. The number of benzene rings is 2. The molecule has 0 N–H and O–H groups in total. The van der Waals surface area contributed by atoms with Crippen molar-refractivity contribution < 1.29 is 9.13 Å². The lowest BCUT2D eigenvalue weighted by Crippen LogP contribution is -2.47. The van der Waals surface area contributed by atoms with Gasteiger partial charge in [0.15, 0.2) is 5.65 Å². The monoisotopic (exact) mass is 455 g/mol. The number of nitriles is 1. The fourth-order valence-electron chi connectivity index (χ4n) is 5.62. The van der Waals surface area contributed by atoms with Gasteiger partial charge in [-0.25, -0.2) is 9.37 Å². The minimum absolute atomic E-state index is 0.239. The van der Waals surface area contributed by atoms with Gasteiger partial charge >= 0.3 is 0 Å². The zero-order valence-electron chi connectivity index (χ0n) is 19.2. The SMILES string of the molecule is COc1ccc(F)cc1CN1CCN(c2c3c(c(C#N)c4nc5ccccc5n24)CCC3)CC1. The number of hydrogen-bond donors (Lipinski definition) is 0. The predicted octanol–water partition coefficient (Wildman–Crippen LogP) is 4.32. The first-order chi connectivity index (χ1) is 16.7. The average molecular weight is 456 g/mol. The van der Waals surface area contributed by atoms with Gasteiger partial charge in [-0.3, -0.25) is 9.30 Å². The number of pyridine rings is 1. The molecule has 1 fully saturated rings. The van der Waals surface area contributed by atoms with Crippen LogP contribution in [0.3, 0.4) is 0 Å². The zero-order valence-corrected chi connectivity index (χ0v) is 19.2. The van der Waals surface area contributed by atoms with Crippen LogP contribution in [0.5, 0.6) is 5.75 Å². The number of ether oxygens (including phenoxy) is 1. The summed E-state index contributed by atoms with van der Waals surface area (Å²) >= 11 is 0. The molecule has 0 amide bonds. The molecule has 3 heterocycles. The lowest BCUT2D eigenvalue weighted by molar-refractivity contribution is 0.245. The first kappa shape index (κ1) is 20.9. The number of imidazole rings is 1. The van der Waals surface area contributed by atoms with Crippen LogP contribution in [0.25, 0.3) is 16.7 Å². The fourth-order valence-corrected chi connectivity index (χ4v) is 5.62. The van der Waals surface area contributed by atoms with E-state index in [1.165, 1.54) is 23.0 Å². The molecular weight excluding hydrogens is 429 g/mol. The van der Waals surface area contributed by atoms with E-state index >= 15 is 0 Å². The van der Waals surface area contributed by atoms with Crippen molar-refractivity contribution in [1.82, 2.24) is 14.3 Å². The quantitative estimate of drug-likeness (QED) is 0.459. The highest BCUT2D eigenvalue weighted by atomic mass is 19.1. The van der Waals surface area contributed by atoms with E-state index in [0.29, 0.717) is 6.54 Å². The van der Waals surface area contributed by atoms with Crippen LogP contribution < -0.4 is 9.64 Å². The Morgan fingerprint density at radius 1 is 1.06 bits per heavy atom. The Morgan fingerprint density at radius 2 is 1.85 bits per heavy atom. The van der Waals surface area contributed by atoms with Crippen LogP contribution in [0.4, 0.5) is 10.2 Å². The Hall–Kier alpha value is -3.63. The normalized spacial score (nSPS) is 16.2. The van der Waals surface area contributed by atoms with Crippen LogP contribution in [0, 0.1) is 17.1 Å². The molecule has 172 valence electrons. The maximum absolute atomic E-state index is 13.8. The first-order valence-electron chi connectivity index (χ1n) is 11.8. The second-order valence-corrected chi connectivity index (χ2v) is 9.10. The number of aromatic nitrogens is 2. The summed E-state index contributed by atoms with van der Waals surface area (Å²) in [6.07, 6.45) is 2.99. The molecule has 0 bridgehead atoms. The summed E-state index contributed by atoms with van der Waals surface area (Å²) in [5, 5.41) is 10.0. The van der Waals surface area contributed by atoms with E-state index in [0.717, 1.165) is 79.0 Å². The second kappa shape index (κ2) is 8.30. The third kappa shape index (κ3) is 3.29. The highest BCUT2D eigenvalue weighted by Gasteiger charge is 2.30. The summed E-state index contributed by atoms with van der Waals surface area (Å²) in [5.74, 6) is 1.68. The molecule has 2 aromatic heterocycles. The Morgan fingerprint density at radius 3 is 2.65 bits per heavy atom. The van der Waals surface area contributed by atoms with Crippen LogP contribution in [0.15, 0.2) is 42.5 Å². The van der Waals surface area contributed by atoms with Gasteiger partial charge in [0.1, 0.15) is 23.5 Å². The van der Waals surface area contributed by atoms with Crippen LogP contribution in [-0.2, 0) is 19.4 Å². The van der Waals surface area contributed by atoms with Gasteiger partial charge in [-0.1, -0.05) is 12.1 Å². The van der Waals surface area contributed by atoms with E-state index in [-0.39, 0.29) is 5.82 Å². The smallest absolute Gasteiger partial charge is 0.157 e. The highest BCUT2D eigenvalue weighted by molar-refractivity contribution is 5.86. The third-order valence-corrected chi connectivity index (χ3v) is 7.21. The molecular formula is C27H26FN5O. The van der Waals surface area contributed by atoms with E-state index in [4.69, 9.17) is 9.72 Å². The van der Waals surface area contributed by atoms with Gasteiger partial charge in [-0.15, -0.1) is 0 Å². The molecule has 7 heteroatoms. The largest absolute Gasteiger partial charge is 0.496 e. The van der Waals surface area contributed by atoms with Crippen molar-refractivity contribution >= 4 is 22.5 Å². The van der Waals surface area contributed by atoms with E-state index in [1.807, 2.05) is 18.2 Å². The van der Waals surface area contributed by atoms with E-state index in [9.17, 15) is 9.65 Å². The fraction of sp³-hybridized carbons (Fsp3) is 0.333. The summed E-state index contributed by atoms with van der Waals surface area (Å²) in [6.45, 7) is 4.10. The van der Waals surface area contributed by atoms with Gasteiger partial charge in [0.25, 0.3) is 0 Å². The van der Waals surface area contributed by atoms with E-state index in [1.54, 1.807) is 19.2 Å². The maximum atomic E-state index is 13.8. The molecule has 2 aromatic carbocycles. The number of para-hydroxylation sites is 2. The number of rotatable bonds is 4. The Kier molecular flexibility index (Phi) is 5.11. The molecule has 6 nitrogen and oxygen atoms in total. The Balaban J connectivity index is 1.36. The van der Waals surface area contributed by atoms with Crippen LogP contribution in [0.1, 0.15) is 28.7 Å². The van der Waals surface area contributed by atoms with E-state index in [2.05, 4.69) is 26.3 Å². The number of nitrogens with zero attached hydrogens (tertiary/aromatic N) is 5. The molecule has 2 aliphatic rings. The standard InChI is InChI=1S/C27H26FN5O/c1-34-25-10-9-19(28)15-18(25)17-31-11-13-32(14-12-31)27-21-6-4-5-20(21)22(16-29)26-30-23-7-2-3-8-24(23)33(26)27/h2-3,7-10,15H,4-6,11-14,17H2,1H3. The molecule has 0 radical (unpaired) electrons. The molecule has 4 aromatic rings.